The number of carbonyl (C=O) groups excluding carboxylic acids is 2. The summed E-state index contributed by atoms with van der Waals surface area (Å²) in [5.74, 6) is -3.10. The Morgan fingerprint density at radius 3 is 2.30 bits per heavy atom. The van der Waals surface area contributed by atoms with Gasteiger partial charge >= 0.3 is 12.1 Å². The molecule has 0 fully saturated rings. The Kier molecular flexibility index (Phi) is 9.41. The monoisotopic (exact) mass is 640 g/mol. The van der Waals surface area contributed by atoms with E-state index in [9.17, 15) is 23.9 Å². The molecule has 47 heavy (non-hydrogen) atoms. The van der Waals surface area contributed by atoms with E-state index in [0.717, 1.165) is 6.07 Å². The molecule has 0 saturated heterocycles. The van der Waals surface area contributed by atoms with Crippen LogP contribution in [0.25, 0.3) is 34.0 Å². The molecule has 0 aliphatic heterocycles. The van der Waals surface area contributed by atoms with E-state index in [2.05, 4.69) is 20.8 Å². The molecule has 0 unspecified atom stereocenters. The number of hydrogen-bond donors (Lipinski definition) is 3. The van der Waals surface area contributed by atoms with Gasteiger partial charge in [-0.25, -0.2) is 18.4 Å². The standard InChI is InChI=1S/C35H30F2N4O6/c1-35(2,3)46-34(45)38-24-14-12-21(13-15-24)32-40-30(41-47-32)26-16-11-20(17-28(26)37)18-29(33(43)44)39-31(42)23-8-6-7-22(19-23)25-9-4-5-10-27(25)36/h4-17,19,29H,18H2,1-3H3,(H,38,45)(H,39,42)(H,43,44)/t29-/m1/s1. The first-order chi connectivity index (χ1) is 22.4. The number of rotatable bonds is 9. The maximum absolute atomic E-state index is 15.2. The van der Waals surface area contributed by atoms with Crippen LogP contribution in [0.1, 0.15) is 36.7 Å². The summed E-state index contributed by atoms with van der Waals surface area (Å²) >= 11 is 0. The molecule has 0 spiro atoms. The van der Waals surface area contributed by atoms with E-state index in [0.29, 0.717) is 27.9 Å². The summed E-state index contributed by atoms with van der Waals surface area (Å²) in [5.41, 5.74) is 1.57. The number of halogens is 2. The lowest BCUT2D eigenvalue weighted by Crippen LogP contribution is -2.42. The fourth-order valence-electron chi connectivity index (χ4n) is 4.64. The van der Waals surface area contributed by atoms with Crippen molar-refractivity contribution >= 4 is 23.7 Å². The van der Waals surface area contributed by atoms with Crippen LogP contribution in [0.3, 0.4) is 0 Å². The predicted molar refractivity (Wildman–Crippen MR) is 169 cm³/mol. The second-order valence-corrected chi connectivity index (χ2v) is 11.6. The Bertz CT molecular complexity index is 1940. The van der Waals surface area contributed by atoms with Gasteiger partial charge in [0.25, 0.3) is 11.8 Å². The molecular weight excluding hydrogens is 610 g/mol. The molecule has 5 aromatic rings. The number of aliphatic carboxylic acids is 1. The number of aromatic nitrogens is 2. The summed E-state index contributed by atoms with van der Waals surface area (Å²) in [6, 6.07) is 21.5. The lowest BCUT2D eigenvalue weighted by atomic mass is 10.0. The van der Waals surface area contributed by atoms with Gasteiger partial charge in [0.2, 0.25) is 5.82 Å². The average Bonchev–Trinajstić information content (AvgIpc) is 3.50. The lowest BCUT2D eigenvalue weighted by Gasteiger charge is -2.19. The molecule has 3 N–H and O–H groups in total. The minimum absolute atomic E-state index is 0.0211. The van der Waals surface area contributed by atoms with E-state index < -0.39 is 41.2 Å². The molecule has 1 atom stereocenters. The van der Waals surface area contributed by atoms with Gasteiger partial charge in [0.05, 0.1) is 5.56 Å². The van der Waals surface area contributed by atoms with Crippen molar-refractivity contribution in [1.29, 1.82) is 0 Å². The molecule has 5 rings (SSSR count). The molecule has 0 aliphatic rings. The Hall–Kier alpha value is -5.91. The van der Waals surface area contributed by atoms with Gasteiger partial charge in [0.1, 0.15) is 23.3 Å². The predicted octanol–water partition coefficient (Wildman–Crippen LogP) is 7.12. The summed E-state index contributed by atoms with van der Waals surface area (Å²) in [6.45, 7) is 5.27. The zero-order valence-corrected chi connectivity index (χ0v) is 25.6. The first-order valence-corrected chi connectivity index (χ1v) is 14.5. The maximum atomic E-state index is 15.2. The van der Waals surface area contributed by atoms with Crippen molar-refractivity contribution in [3.63, 3.8) is 0 Å². The SMILES string of the molecule is CC(C)(C)OC(=O)Nc1ccc(-c2nc(-c3ccc(C[C@@H](NC(=O)c4cccc(-c5ccccc5F)c4)C(=O)O)cc3F)no2)cc1. The highest BCUT2D eigenvalue weighted by Gasteiger charge is 2.23. The van der Waals surface area contributed by atoms with E-state index in [1.54, 1.807) is 75.4 Å². The van der Waals surface area contributed by atoms with E-state index in [-0.39, 0.29) is 29.3 Å². The smallest absolute Gasteiger partial charge is 0.412 e. The van der Waals surface area contributed by atoms with E-state index in [4.69, 9.17) is 9.26 Å². The first-order valence-electron chi connectivity index (χ1n) is 14.5. The fourth-order valence-corrected chi connectivity index (χ4v) is 4.64. The van der Waals surface area contributed by atoms with Crippen molar-refractivity contribution in [2.45, 2.75) is 38.8 Å². The van der Waals surface area contributed by atoms with Gasteiger partial charge < -0.3 is 19.7 Å². The highest BCUT2D eigenvalue weighted by molar-refractivity contribution is 5.97. The van der Waals surface area contributed by atoms with Crippen molar-refractivity contribution in [2.75, 3.05) is 5.32 Å². The topological polar surface area (TPSA) is 144 Å². The van der Waals surface area contributed by atoms with Crippen LogP contribution in [0.2, 0.25) is 0 Å². The Balaban J connectivity index is 1.25. The quantitative estimate of drug-likeness (QED) is 0.155. The number of nitrogens with one attached hydrogen (secondary N) is 2. The Labute approximate surface area is 268 Å². The maximum Gasteiger partial charge on any atom is 0.412 e. The third kappa shape index (κ3) is 8.23. The first kappa shape index (κ1) is 32.5. The van der Waals surface area contributed by atoms with Crippen LogP contribution >= 0.6 is 0 Å². The summed E-state index contributed by atoms with van der Waals surface area (Å²) in [6.07, 6.45) is -0.820. The van der Waals surface area contributed by atoms with Crippen LogP contribution in [-0.4, -0.2) is 44.9 Å². The van der Waals surface area contributed by atoms with Crippen molar-refractivity contribution in [3.8, 4) is 34.0 Å². The largest absolute Gasteiger partial charge is 0.480 e. The van der Waals surface area contributed by atoms with Crippen LogP contribution in [0.4, 0.5) is 19.3 Å². The summed E-state index contributed by atoms with van der Waals surface area (Å²) in [7, 11) is 0. The molecule has 10 nitrogen and oxygen atoms in total. The molecule has 1 heterocycles. The number of amides is 2. The summed E-state index contributed by atoms with van der Waals surface area (Å²) in [5, 5.41) is 18.8. The minimum Gasteiger partial charge on any atom is -0.480 e. The van der Waals surface area contributed by atoms with Gasteiger partial charge in [0.15, 0.2) is 0 Å². The zero-order valence-electron chi connectivity index (χ0n) is 25.6. The number of carboxylic acid groups (broad SMARTS) is 1. The number of ether oxygens (including phenoxy) is 1. The molecule has 12 heteroatoms. The van der Waals surface area contributed by atoms with E-state index in [1.165, 1.54) is 30.3 Å². The van der Waals surface area contributed by atoms with Gasteiger partial charge in [-0.1, -0.05) is 41.6 Å². The lowest BCUT2D eigenvalue weighted by molar-refractivity contribution is -0.139. The molecular formula is C35H30F2N4O6. The molecule has 0 bridgehead atoms. The normalized spacial score (nSPS) is 11.9. The second-order valence-electron chi connectivity index (χ2n) is 11.6. The Morgan fingerprint density at radius 1 is 0.872 bits per heavy atom. The highest BCUT2D eigenvalue weighted by Crippen LogP contribution is 2.27. The number of carboxylic acids is 1. The number of benzene rings is 4. The van der Waals surface area contributed by atoms with Gasteiger partial charge in [-0.3, -0.25) is 10.1 Å². The van der Waals surface area contributed by atoms with Gasteiger partial charge in [-0.05, 0) is 86.5 Å². The minimum atomic E-state index is -1.38. The molecule has 1 aromatic heterocycles. The average molecular weight is 641 g/mol. The highest BCUT2D eigenvalue weighted by atomic mass is 19.1. The van der Waals surface area contributed by atoms with Crippen molar-refractivity contribution in [2.24, 2.45) is 0 Å². The molecule has 2 amide bonds. The van der Waals surface area contributed by atoms with Crippen molar-refractivity contribution in [3.05, 3.63) is 114 Å². The van der Waals surface area contributed by atoms with E-state index >= 15 is 4.39 Å². The van der Waals surface area contributed by atoms with Crippen molar-refractivity contribution in [1.82, 2.24) is 15.5 Å². The Morgan fingerprint density at radius 2 is 1.62 bits per heavy atom. The summed E-state index contributed by atoms with van der Waals surface area (Å²) < 4.78 is 40.0. The van der Waals surface area contributed by atoms with Gasteiger partial charge in [-0.15, -0.1) is 0 Å². The molecule has 0 radical (unpaired) electrons. The van der Waals surface area contributed by atoms with Crippen LogP contribution < -0.4 is 10.6 Å². The molecule has 0 saturated carbocycles. The van der Waals surface area contributed by atoms with E-state index in [1.807, 2.05) is 0 Å². The number of carbonyl (C=O) groups is 3. The van der Waals surface area contributed by atoms with Crippen LogP contribution in [-0.2, 0) is 16.0 Å². The van der Waals surface area contributed by atoms with Crippen LogP contribution in [0.5, 0.6) is 0 Å². The molecule has 0 aliphatic carbocycles. The van der Waals surface area contributed by atoms with Gasteiger partial charge in [-0.2, -0.15) is 4.98 Å². The van der Waals surface area contributed by atoms with Gasteiger partial charge in [0, 0.05) is 28.8 Å². The molecule has 4 aromatic carbocycles. The van der Waals surface area contributed by atoms with Crippen molar-refractivity contribution < 1.29 is 37.5 Å². The second kappa shape index (κ2) is 13.6. The fraction of sp³-hybridized carbons (Fsp3) is 0.171. The number of anilines is 1. The number of hydrogen-bond acceptors (Lipinski definition) is 7. The number of nitrogens with zero attached hydrogens (tertiary/aromatic N) is 2. The van der Waals surface area contributed by atoms with Crippen LogP contribution in [0, 0.1) is 11.6 Å². The third-order valence-corrected chi connectivity index (χ3v) is 6.83. The summed E-state index contributed by atoms with van der Waals surface area (Å²) in [4.78, 5) is 41.3. The third-order valence-electron chi connectivity index (χ3n) is 6.83. The zero-order chi connectivity index (χ0) is 33.7. The van der Waals surface area contributed by atoms with Crippen LogP contribution in [0.15, 0.2) is 95.5 Å². The molecule has 240 valence electrons.